The quantitative estimate of drug-likeness (QED) is 0.203. The molecule has 200 valence electrons. The highest BCUT2D eigenvalue weighted by molar-refractivity contribution is 9.10. The van der Waals surface area contributed by atoms with Crippen molar-refractivity contribution in [2.45, 2.75) is 5.75 Å². The fourth-order valence-electron chi connectivity index (χ4n) is 3.52. The average molecular weight is 603 g/mol. The van der Waals surface area contributed by atoms with Crippen LogP contribution in [0.4, 0.5) is 5.69 Å². The summed E-state index contributed by atoms with van der Waals surface area (Å²) >= 11 is 3.34. The molecule has 0 unspecified atom stereocenters. The van der Waals surface area contributed by atoms with Gasteiger partial charge in [-0.15, -0.1) is 0 Å². The van der Waals surface area contributed by atoms with Crippen LogP contribution in [-0.4, -0.2) is 42.6 Å². The van der Waals surface area contributed by atoms with Crippen molar-refractivity contribution in [3.05, 3.63) is 93.4 Å². The predicted octanol–water partition coefficient (Wildman–Crippen LogP) is 5.88. The number of carbonyl (C=O) groups is 1. The topological polar surface area (TPSA) is 100 Å². The van der Waals surface area contributed by atoms with E-state index in [-0.39, 0.29) is 11.5 Å². The first-order chi connectivity index (χ1) is 18.2. The van der Waals surface area contributed by atoms with E-state index in [0.29, 0.717) is 45.4 Å². The first kappa shape index (κ1) is 28.8. The number of benzene rings is 3. The SMILES string of the molecule is COc1cc(OC)c(C=CS(=O)(=O)Cc2ccc(OC)c(NC=CC(=O)c3ccc(Br)cc3)c2)c(OC)c1. The summed E-state index contributed by atoms with van der Waals surface area (Å²) in [6.45, 7) is 0. The molecule has 0 aromatic heterocycles. The van der Waals surface area contributed by atoms with Crippen molar-refractivity contribution in [3.63, 3.8) is 0 Å². The van der Waals surface area contributed by atoms with Crippen LogP contribution in [0, 0.1) is 0 Å². The molecule has 0 heterocycles. The molecular weight excluding hydrogens is 574 g/mol. The van der Waals surface area contributed by atoms with E-state index < -0.39 is 9.84 Å². The molecule has 38 heavy (non-hydrogen) atoms. The van der Waals surface area contributed by atoms with Crippen molar-refractivity contribution in [1.29, 1.82) is 0 Å². The van der Waals surface area contributed by atoms with Crippen LogP contribution in [0.25, 0.3) is 6.08 Å². The van der Waals surface area contributed by atoms with Crippen LogP contribution in [0.15, 0.2) is 76.8 Å². The van der Waals surface area contributed by atoms with Gasteiger partial charge in [-0.25, -0.2) is 8.42 Å². The molecule has 0 radical (unpaired) electrons. The van der Waals surface area contributed by atoms with Crippen molar-refractivity contribution in [2.24, 2.45) is 0 Å². The second kappa shape index (κ2) is 13.2. The van der Waals surface area contributed by atoms with E-state index in [1.54, 1.807) is 54.6 Å². The molecule has 0 bridgehead atoms. The highest BCUT2D eigenvalue weighted by Crippen LogP contribution is 2.35. The van der Waals surface area contributed by atoms with Gasteiger partial charge in [0, 0.05) is 39.9 Å². The number of hydrogen-bond donors (Lipinski definition) is 1. The molecular formula is C28H28BrNO7S. The van der Waals surface area contributed by atoms with Crippen LogP contribution in [-0.2, 0) is 15.6 Å². The third kappa shape index (κ3) is 7.62. The number of methoxy groups -OCH3 is 4. The van der Waals surface area contributed by atoms with Crippen LogP contribution in [0.2, 0.25) is 0 Å². The van der Waals surface area contributed by atoms with Gasteiger partial charge < -0.3 is 24.3 Å². The average Bonchev–Trinajstić information content (AvgIpc) is 2.91. The van der Waals surface area contributed by atoms with E-state index in [0.717, 1.165) is 9.88 Å². The number of ketones is 1. The Bertz CT molecular complexity index is 1420. The van der Waals surface area contributed by atoms with Gasteiger partial charge in [0.25, 0.3) is 0 Å². The number of halogens is 1. The van der Waals surface area contributed by atoms with Gasteiger partial charge in [0.05, 0.1) is 45.4 Å². The van der Waals surface area contributed by atoms with E-state index in [9.17, 15) is 13.2 Å². The van der Waals surface area contributed by atoms with Gasteiger partial charge in [-0.3, -0.25) is 4.79 Å². The molecule has 1 N–H and O–H groups in total. The number of nitrogens with one attached hydrogen (secondary N) is 1. The standard InChI is InChI=1S/C28H28BrNO7S/c1-34-22-16-27(36-3)23(28(17-22)37-4)12-14-38(32,33)18-19-5-10-26(35-2)24(15-19)30-13-11-25(31)20-6-8-21(29)9-7-20/h5-17,30H,18H2,1-4H3. The number of hydrogen-bond acceptors (Lipinski definition) is 8. The number of carbonyl (C=O) groups excluding carboxylic acids is 1. The van der Waals surface area contributed by atoms with Gasteiger partial charge in [-0.1, -0.05) is 22.0 Å². The van der Waals surface area contributed by atoms with E-state index in [2.05, 4.69) is 21.2 Å². The summed E-state index contributed by atoms with van der Waals surface area (Å²) in [5, 5.41) is 4.13. The highest BCUT2D eigenvalue weighted by atomic mass is 79.9. The summed E-state index contributed by atoms with van der Waals surface area (Å²) in [6.07, 6.45) is 4.32. The first-order valence-corrected chi connectivity index (χ1v) is 13.8. The number of sulfone groups is 1. The van der Waals surface area contributed by atoms with Gasteiger partial charge in [0.15, 0.2) is 15.6 Å². The van der Waals surface area contributed by atoms with Gasteiger partial charge in [0.1, 0.15) is 23.0 Å². The fourth-order valence-corrected chi connectivity index (χ4v) is 4.87. The Morgan fingerprint density at radius 1 is 0.868 bits per heavy atom. The Kier molecular flexibility index (Phi) is 9.98. The van der Waals surface area contributed by atoms with Crippen LogP contribution in [0.1, 0.15) is 21.5 Å². The molecule has 0 spiro atoms. The normalized spacial score (nSPS) is 11.5. The van der Waals surface area contributed by atoms with E-state index >= 15 is 0 Å². The lowest BCUT2D eigenvalue weighted by Crippen LogP contribution is -2.02. The first-order valence-electron chi connectivity index (χ1n) is 11.3. The molecule has 0 aliphatic rings. The maximum atomic E-state index is 12.9. The molecule has 0 fully saturated rings. The third-order valence-corrected chi connectivity index (χ3v) is 7.24. The Hall–Kier alpha value is -3.76. The zero-order chi connectivity index (χ0) is 27.7. The second-order valence-electron chi connectivity index (χ2n) is 7.94. The monoisotopic (exact) mass is 601 g/mol. The molecule has 0 atom stereocenters. The molecule has 3 aromatic carbocycles. The highest BCUT2D eigenvalue weighted by Gasteiger charge is 2.15. The molecule has 3 rings (SSSR count). The Morgan fingerprint density at radius 2 is 1.50 bits per heavy atom. The smallest absolute Gasteiger partial charge is 0.187 e. The Balaban J connectivity index is 1.78. The van der Waals surface area contributed by atoms with Crippen molar-refractivity contribution >= 4 is 43.3 Å². The van der Waals surface area contributed by atoms with Crippen LogP contribution in [0.5, 0.6) is 23.0 Å². The number of ether oxygens (including phenoxy) is 4. The maximum Gasteiger partial charge on any atom is 0.187 e. The molecule has 0 aliphatic heterocycles. The van der Waals surface area contributed by atoms with Gasteiger partial charge in [-0.05, 0) is 48.0 Å². The minimum atomic E-state index is -3.68. The second-order valence-corrected chi connectivity index (χ2v) is 10.7. The molecule has 0 aliphatic carbocycles. The lowest BCUT2D eigenvalue weighted by atomic mass is 10.1. The van der Waals surface area contributed by atoms with E-state index in [1.807, 2.05) is 0 Å². The molecule has 10 heteroatoms. The van der Waals surface area contributed by atoms with E-state index in [1.165, 1.54) is 46.8 Å². The molecule has 0 saturated carbocycles. The summed E-state index contributed by atoms with van der Waals surface area (Å²) in [6, 6.07) is 15.3. The zero-order valence-electron chi connectivity index (χ0n) is 21.4. The number of rotatable bonds is 12. The molecule has 0 saturated heterocycles. The van der Waals surface area contributed by atoms with Crippen LogP contribution in [0.3, 0.4) is 0 Å². The maximum absolute atomic E-state index is 12.9. The van der Waals surface area contributed by atoms with Crippen LogP contribution >= 0.6 is 15.9 Å². The van der Waals surface area contributed by atoms with E-state index in [4.69, 9.17) is 18.9 Å². The Morgan fingerprint density at radius 3 is 2.08 bits per heavy atom. The molecule has 0 amide bonds. The largest absolute Gasteiger partial charge is 0.496 e. The summed E-state index contributed by atoms with van der Waals surface area (Å²) in [5.74, 6) is 1.39. The van der Waals surface area contributed by atoms with Crippen molar-refractivity contribution in [2.75, 3.05) is 33.8 Å². The molecule has 8 nitrogen and oxygen atoms in total. The van der Waals surface area contributed by atoms with Crippen molar-refractivity contribution in [1.82, 2.24) is 0 Å². The van der Waals surface area contributed by atoms with Crippen molar-refractivity contribution in [3.8, 4) is 23.0 Å². The lowest BCUT2D eigenvalue weighted by Gasteiger charge is -2.12. The summed E-state index contributed by atoms with van der Waals surface area (Å²) in [7, 11) is 2.30. The number of anilines is 1. The van der Waals surface area contributed by atoms with Gasteiger partial charge in [0.2, 0.25) is 0 Å². The summed E-state index contributed by atoms with van der Waals surface area (Å²) in [4.78, 5) is 12.4. The predicted molar refractivity (Wildman–Crippen MR) is 152 cm³/mol. The summed E-state index contributed by atoms with van der Waals surface area (Å²) < 4.78 is 48.1. The molecule has 3 aromatic rings. The van der Waals surface area contributed by atoms with Gasteiger partial charge >= 0.3 is 0 Å². The Labute approximate surface area is 230 Å². The minimum absolute atomic E-state index is 0.183. The van der Waals surface area contributed by atoms with Crippen LogP contribution < -0.4 is 24.3 Å². The zero-order valence-corrected chi connectivity index (χ0v) is 23.8. The minimum Gasteiger partial charge on any atom is -0.496 e. The summed E-state index contributed by atoms with van der Waals surface area (Å²) in [5.41, 5.74) is 2.05. The third-order valence-electron chi connectivity index (χ3n) is 5.43. The van der Waals surface area contributed by atoms with Crippen molar-refractivity contribution < 1.29 is 32.2 Å². The van der Waals surface area contributed by atoms with Gasteiger partial charge in [-0.2, -0.15) is 0 Å². The lowest BCUT2D eigenvalue weighted by molar-refractivity contribution is 0.104. The fraction of sp³-hybridized carbons (Fsp3) is 0.179. The number of allylic oxidation sites excluding steroid dienone is 1.